The first-order valence-corrected chi connectivity index (χ1v) is 23.5. The van der Waals surface area contributed by atoms with Crippen molar-refractivity contribution >= 4 is 65.2 Å². The first kappa shape index (κ1) is 43.2. The van der Waals surface area contributed by atoms with Gasteiger partial charge in [-0.25, -0.2) is 0 Å². The lowest BCUT2D eigenvalue weighted by atomic mass is 9.83. The first-order valence-electron chi connectivity index (χ1n) is 23.5. The van der Waals surface area contributed by atoms with Gasteiger partial charge in [0.2, 0.25) is 0 Å². The molecule has 0 unspecified atom stereocenters. The minimum Gasteiger partial charge on any atom is -0.309 e. The van der Waals surface area contributed by atoms with E-state index in [9.17, 15) is 26.3 Å². The number of halogens is 6. The fraction of sp³-hybridized carbons (Fsp3) is 0.0312. The predicted molar refractivity (Wildman–Crippen MR) is 282 cm³/mol. The van der Waals surface area contributed by atoms with Crippen molar-refractivity contribution in [2.24, 2.45) is 0 Å². The second-order valence-electron chi connectivity index (χ2n) is 18.3. The van der Waals surface area contributed by atoms with Gasteiger partial charge in [0.1, 0.15) is 0 Å². The van der Waals surface area contributed by atoms with Gasteiger partial charge in [0.25, 0.3) is 0 Å². The van der Waals surface area contributed by atoms with Gasteiger partial charge in [0, 0.05) is 32.9 Å². The third-order valence-electron chi connectivity index (χ3n) is 14.2. The van der Waals surface area contributed by atoms with E-state index in [1.165, 1.54) is 24.3 Å². The van der Waals surface area contributed by atoms with Crippen LogP contribution in [0.5, 0.6) is 0 Å². The number of fused-ring (bicyclic) bond motifs is 8. The maximum atomic E-state index is 14.1. The fourth-order valence-electron chi connectivity index (χ4n) is 10.9. The topological polar surface area (TPSA) is 9.86 Å². The van der Waals surface area contributed by atoms with Gasteiger partial charge in [-0.05, 0) is 151 Å². The Bertz CT molecular complexity index is 3870. The van der Waals surface area contributed by atoms with Crippen LogP contribution in [0.1, 0.15) is 11.1 Å². The van der Waals surface area contributed by atoms with E-state index in [0.29, 0.717) is 22.3 Å². The van der Waals surface area contributed by atoms with E-state index in [-0.39, 0.29) is 0 Å². The van der Waals surface area contributed by atoms with Gasteiger partial charge in [-0.15, -0.1) is 0 Å². The Morgan fingerprint density at radius 2 is 0.514 bits per heavy atom. The van der Waals surface area contributed by atoms with Crippen LogP contribution in [0.3, 0.4) is 0 Å². The van der Waals surface area contributed by atoms with Gasteiger partial charge in [0.05, 0.1) is 33.2 Å². The normalized spacial score (nSPS) is 12.3. The predicted octanol–water partition coefficient (Wildman–Crippen LogP) is 18.9. The van der Waals surface area contributed by atoms with E-state index in [2.05, 4.69) is 106 Å². The van der Waals surface area contributed by atoms with Crippen molar-refractivity contribution < 1.29 is 26.3 Å². The fourth-order valence-corrected chi connectivity index (χ4v) is 10.9. The second kappa shape index (κ2) is 16.4. The summed E-state index contributed by atoms with van der Waals surface area (Å²) in [7, 11) is 0. The molecular formula is C64H38F6N2. The van der Waals surface area contributed by atoms with Crippen LogP contribution < -0.4 is 0 Å². The minimum atomic E-state index is -4.54. The van der Waals surface area contributed by atoms with E-state index in [4.69, 9.17) is 0 Å². The SMILES string of the molecule is FC(F)(F)c1ccc(-c2c3ccc(-c4ccc(-n5c6ccccc6c6ccccc65)cc4)cc3c(-c3ccc(C(F)(F)F)cc3)c3ccc(-c4ccc(-n5c6ccccc6c6ccccc65)cc4)cc23)cc1. The highest BCUT2D eigenvalue weighted by atomic mass is 19.4. The van der Waals surface area contributed by atoms with Gasteiger partial charge >= 0.3 is 12.4 Å². The number of hydrogen-bond donors (Lipinski definition) is 0. The number of nitrogens with zero attached hydrogens (tertiary/aromatic N) is 2. The van der Waals surface area contributed by atoms with Crippen LogP contribution in [0.15, 0.2) is 231 Å². The molecule has 346 valence electrons. The van der Waals surface area contributed by atoms with Crippen LogP contribution in [0.2, 0.25) is 0 Å². The van der Waals surface area contributed by atoms with Gasteiger partial charge in [0.15, 0.2) is 0 Å². The molecule has 0 amide bonds. The smallest absolute Gasteiger partial charge is 0.309 e. The Labute approximate surface area is 408 Å². The zero-order valence-corrected chi connectivity index (χ0v) is 38.1. The molecule has 0 aliphatic heterocycles. The molecule has 0 saturated heterocycles. The third kappa shape index (κ3) is 7.04. The van der Waals surface area contributed by atoms with Gasteiger partial charge < -0.3 is 9.13 Å². The molecule has 0 bridgehead atoms. The van der Waals surface area contributed by atoms with Crippen LogP contribution in [0, 0.1) is 0 Å². The number of aromatic nitrogens is 2. The Morgan fingerprint density at radius 1 is 0.236 bits per heavy atom. The maximum Gasteiger partial charge on any atom is 0.416 e. The number of hydrogen-bond acceptors (Lipinski definition) is 0. The largest absolute Gasteiger partial charge is 0.416 e. The van der Waals surface area contributed by atoms with E-state index in [1.807, 2.05) is 84.9 Å². The molecule has 11 aromatic carbocycles. The quantitative estimate of drug-likeness (QED) is 0.116. The summed E-state index contributed by atoms with van der Waals surface area (Å²) < 4.78 is 88.8. The highest BCUT2D eigenvalue weighted by Gasteiger charge is 2.32. The van der Waals surface area contributed by atoms with Crippen molar-refractivity contribution in [3.05, 3.63) is 242 Å². The number of rotatable bonds is 6. The third-order valence-corrected chi connectivity index (χ3v) is 14.2. The Morgan fingerprint density at radius 3 is 0.819 bits per heavy atom. The average Bonchev–Trinajstić information content (AvgIpc) is 3.93. The molecule has 13 rings (SSSR count). The lowest BCUT2D eigenvalue weighted by molar-refractivity contribution is -0.138. The summed E-state index contributed by atoms with van der Waals surface area (Å²) in [6, 6.07) is 72.3. The van der Waals surface area contributed by atoms with E-state index >= 15 is 0 Å². The van der Waals surface area contributed by atoms with Crippen LogP contribution in [0.25, 0.3) is 121 Å². The van der Waals surface area contributed by atoms with Crippen molar-refractivity contribution in [2.75, 3.05) is 0 Å². The molecular weight excluding hydrogens is 911 g/mol. The van der Waals surface area contributed by atoms with E-state index < -0.39 is 23.5 Å². The van der Waals surface area contributed by atoms with Crippen LogP contribution >= 0.6 is 0 Å². The Balaban J connectivity index is 1.00. The van der Waals surface area contributed by atoms with Gasteiger partial charge in [-0.2, -0.15) is 26.3 Å². The van der Waals surface area contributed by atoms with E-state index in [1.54, 1.807) is 0 Å². The van der Waals surface area contributed by atoms with E-state index in [0.717, 1.165) is 123 Å². The maximum absolute atomic E-state index is 14.1. The zero-order chi connectivity index (χ0) is 48.9. The van der Waals surface area contributed by atoms with Crippen molar-refractivity contribution in [1.29, 1.82) is 0 Å². The van der Waals surface area contributed by atoms with Crippen molar-refractivity contribution in [2.45, 2.75) is 12.4 Å². The molecule has 0 aliphatic carbocycles. The summed E-state index contributed by atoms with van der Waals surface area (Å²) in [6.07, 6.45) is -9.08. The highest BCUT2D eigenvalue weighted by molar-refractivity contribution is 6.22. The second-order valence-corrected chi connectivity index (χ2v) is 18.3. The molecule has 2 nitrogen and oxygen atoms in total. The standard InChI is InChI=1S/C64H38F6N2/c65-63(66,67)45-27-17-41(18-28-45)61-54-36-26-44(40-23-33-48(34-24-40)72-59-15-7-3-11-51(59)52-12-4-8-16-60(52)72)38-56(54)62(42-19-29-46(30-20-42)64(68,69)70)53-35-25-43(37-55(53)61)39-21-31-47(32-22-39)71-57-13-5-1-9-49(57)50-10-2-6-14-58(50)71/h1-38H. The summed E-state index contributed by atoms with van der Waals surface area (Å²) in [6.45, 7) is 0. The lowest BCUT2D eigenvalue weighted by Crippen LogP contribution is -2.04. The first-order chi connectivity index (χ1) is 35.0. The molecule has 0 atom stereocenters. The van der Waals surface area contributed by atoms with Crippen LogP contribution in [-0.2, 0) is 12.4 Å². The molecule has 0 N–H and O–H groups in total. The molecule has 72 heavy (non-hydrogen) atoms. The number of benzene rings is 11. The van der Waals surface area contributed by atoms with Gasteiger partial charge in [-0.3, -0.25) is 0 Å². The molecule has 2 aromatic heterocycles. The van der Waals surface area contributed by atoms with Crippen molar-refractivity contribution in [3.63, 3.8) is 0 Å². The molecule has 0 fully saturated rings. The molecule has 13 aromatic rings. The summed E-state index contributed by atoms with van der Waals surface area (Å²) >= 11 is 0. The van der Waals surface area contributed by atoms with Crippen molar-refractivity contribution in [3.8, 4) is 55.9 Å². The monoisotopic (exact) mass is 948 g/mol. The summed E-state index contributed by atoms with van der Waals surface area (Å²) in [5, 5.41) is 7.56. The summed E-state index contributed by atoms with van der Waals surface area (Å²) in [5.41, 5.74) is 10.9. The molecule has 8 heteroatoms. The zero-order valence-electron chi connectivity index (χ0n) is 38.1. The van der Waals surface area contributed by atoms with Crippen LogP contribution in [-0.4, -0.2) is 9.13 Å². The van der Waals surface area contributed by atoms with Gasteiger partial charge in [-0.1, -0.05) is 146 Å². The summed E-state index contributed by atoms with van der Waals surface area (Å²) in [4.78, 5) is 0. The van der Waals surface area contributed by atoms with Crippen molar-refractivity contribution in [1.82, 2.24) is 9.13 Å². The number of alkyl halides is 6. The number of para-hydroxylation sites is 4. The molecule has 0 aliphatic rings. The lowest BCUT2D eigenvalue weighted by Gasteiger charge is -2.20. The Hall–Kier alpha value is -8.88. The molecule has 0 spiro atoms. The molecule has 0 radical (unpaired) electrons. The molecule has 0 saturated carbocycles. The average molecular weight is 949 g/mol. The minimum absolute atomic E-state index is 0.569. The van der Waals surface area contributed by atoms with Crippen LogP contribution in [0.4, 0.5) is 26.3 Å². The molecule has 2 heterocycles. The highest BCUT2D eigenvalue weighted by Crippen LogP contribution is 2.47. The summed E-state index contributed by atoms with van der Waals surface area (Å²) in [5.74, 6) is 0. The Kier molecular flexibility index (Phi) is 9.80.